The van der Waals surface area contributed by atoms with Crippen molar-refractivity contribution in [2.45, 2.75) is 23.8 Å². The van der Waals surface area contributed by atoms with E-state index in [0.717, 1.165) is 12.8 Å². The maximum atomic E-state index is 4.09. The van der Waals surface area contributed by atoms with Gasteiger partial charge in [0.05, 0.1) is 4.08 Å². The maximum Gasteiger partial charge on any atom is 0.0552 e. The van der Waals surface area contributed by atoms with Gasteiger partial charge in [-0.05, 0) is 13.3 Å². The number of hydrogen-bond donors (Lipinski definition) is 2. The van der Waals surface area contributed by atoms with Crippen LogP contribution >= 0.6 is 25.3 Å². The van der Waals surface area contributed by atoms with Crippen LogP contribution in [-0.4, -0.2) is 4.08 Å². The fourth-order valence-electron chi connectivity index (χ4n) is 0.400. The summed E-state index contributed by atoms with van der Waals surface area (Å²) < 4.78 is -0.311. The Morgan fingerprint density at radius 3 is 2.00 bits per heavy atom. The molecule has 0 saturated heterocycles. The van der Waals surface area contributed by atoms with E-state index in [-0.39, 0.29) is 4.08 Å². The molecule has 0 N–H and O–H groups in total. The highest BCUT2D eigenvalue weighted by atomic mass is 32.2. The summed E-state index contributed by atoms with van der Waals surface area (Å²) in [5.41, 5.74) is 0. The van der Waals surface area contributed by atoms with E-state index in [2.05, 4.69) is 39.1 Å². The van der Waals surface area contributed by atoms with Gasteiger partial charge in [0, 0.05) is 0 Å². The number of rotatable bonds is 2. The molecule has 0 rings (SSSR count). The largest absolute Gasteiger partial charge is 0.162 e. The van der Waals surface area contributed by atoms with E-state index in [1.165, 1.54) is 0 Å². The summed E-state index contributed by atoms with van der Waals surface area (Å²) in [4.78, 5) is 0. The molecule has 0 aliphatic heterocycles. The lowest BCUT2D eigenvalue weighted by atomic mass is 10.3. The molecule has 0 amide bonds. The Balaban J connectivity index is 3.15. The van der Waals surface area contributed by atoms with Gasteiger partial charge in [-0.2, -0.15) is 25.3 Å². The van der Waals surface area contributed by atoms with Crippen LogP contribution in [0.3, 0.4) is 0 Å². The van der Waals surface area contributed by atoms with Crippen molar-refractivity contribution in [1.29, 1.82) is 0 Å². The van der Waals surface area contributed by atoms with E-state index in [4.69, 9.17) is 0 Å². The Bertz CT molecular complexity index is 44.5. The molecule has 0 spiro atoms. The first-order valence-corrected chi connectivity index (χ1v) is 3.26. The normalized spacial score (nSPS) is 12.0. The number of thiol groups is 2. The highest BCUT2D eigenvalue weighted by Gasteiger charge is 2.08. The summed E-state index contributed by atoms with van der Waals surface area (Å²) in [5, 5.41) is 0. The molecule has 1 radical (unpaired) electrons. The second-order valence-electron chi connectivity index (χ2n) is 1.73. The molecule has 0 aromatic carbocycles. The lowest BCUT2D eigenvalue weighted by Crippen LogP contribution is -2.04. The van der Waals surface area contributed by atoms with Crippen LogP contribution in [0, 0.1) is 6.92 Å². The first-order valence-electron chi connectivity index (χ1n) is 2.36. The van der Waals surface area contributed by atoms with Crippen molar-refractivity contribution in [2.24, 2.45) is 0 Å². The first-order chi connectivity index (χ1) is 3.06. The zero-order valence-corrected chi connectivity index (χ0v) is 6.30. The second kappa shape index (κ2) is 2.88. The van der Waals surface area contributed by atoms with Gasteiger partial charge in [-0.3, -0.25) is 0 Å². The Labute approximate surface area is 56.5 Å². The predicted molar refractivity (Wildman–Crippen MR) is 41.0 cm³/mol. The van der Waals surface area contributed by atoms with Crippen LogP contribution in [0.15, 0.2) is 0 Å². The molecule has 0 fully saturated rings. The molecule has 7 heavy (non-hydrogen) atoms. The Hall–Kier alpha value is 0.700. The summed E-state index contributed by atoms with van der Waals surface area (Å²) in [5.74, 6) is 0. The van der Waals surface area contributed by atoms with Crippen molar-refractivity contribution >= 4 is 25.3 Å². The van der Waals surface area contributed by atoms with Gasteiger partial charge < -0.3 is 0 Å². The Kier molecular flexibility index (Phi) is 3.16. The lowest BCUT2D eigenvalue weighted by molar-refractivity contribution is 0.798. The summed E-state index contributed by atoms with van der Waals surface area (Å²) in [6.07, 6.45) is 2.05. The van der Waals surface area contributed by atoms with Crippen LogP contribution in [-0.2, 0) is 0 Å². The van der Waals surface area contributed by atoms with Gasteiger partial charge in [-0.15, -0.1) is 0 Å². The van der Waals surface area contributed by atoms with Crippen LogP contribution in [0.2, 0.25) is 0 Å². The topological polar surface area (TPSA) is 0 Å². The molecule has 0 aliphatic carbocycles. The third kappa shape index (κ3) is 6.70. The van der Waals surface area contributed by atoms with E-state index in [0.29, 0.717) is 0 Å². The molecule has 0 unspecified atom stereocenters. The highest BCUT2D eigenvalue weighted by molar-refractivity contribution is 8.00. The zero-order chi connectivity index (χ0) is 5.91. The molecule has 43 valence electrons. The van der Waals surface area contributed by atoms with Crippen molar-refractivity contribution in [3.63, 3.8) is 0 Å². The van der Waals surface area contributed by atoms with Gasteiger partial charge in [0.25, 0.3) is 0 Å². The van der Waals surface area contributed by atoms with E-state index in [1.807, 2.05) is 0 Å². The molecule has 0 aromatic heterocycles. The molecule has 0 aromatic rings. The van der Waals surface area contributed by atoms with Crippen molar-refractivity contribution in [3.8, 4) is 0 Å². The van der Waals surface area contributed by atoms with Gasteiger partial charge >= 0.3 is 0 Å². The van der Waals surface area contributed by atoms with Gasteiger partial charge in [-0.1, -0.05) is 13.3 Å². The fraction of sp³-hybridized carbons (Fsp3) is 0.800. The van der Waals surface area contributed by atoms with Crippen molar-refractivity contribution in [1.82, 2.24) is 0 Å². The molecule has 0 aliphatic rings. The fourth-order valence-corrected chi connectivity index (χ4v) is 0.848. The zero-order valence-electron chi connectivity index (χ0n) is 4.52. The summed E-state index contributed by atoms with van der Waals surface area (Å²) >= 11 is 8.18. The average Bonchev–Trinajstić information content (AvgIpc) is 1.30. The van der Waals surface area contributed by atoms with Gasteiger partial charge in [0.2, 0.25) is 0 Å². The van der Waals surface area contributed by atoms with Crippen molar-refractivity contribution in [3.05, 3.63) is 6.92 Å². The highest BCUT2D eigenvalue weighted by Crippen LogP contribution is 2.22. The van der Waals surface area contributed by atoms with Crippen molar-refractivity contribution in [2.75, 3.05) is 0 Å². The molecular formula is C5H11S2. The minimum atomic E-state index is -0.311. The van der Waals surface area contributed by atoms with E-state index in [1.54, 1.807) is 0 Å². The third-order valence-corrected chi connectivity index (χ3v) is 1.10. The second-order valence-corrected chi connectivity index (χ2v) is 3.80. The van der Waals surface area contributed by atoms with E-state index < -0.39 is 0 Å². The molecule has 0 nitrogen and oxygen atoms in total. The summed E-state index contributed by atoms with van der Waals surface area (Å²) in [6, 6.07) is 0. The van der Waals surface area contributed by atoms with E-state index in [9.17, 15) is 0 Å². The standard InChI is InChI=1S/C5H11S2/c1-3-4-5(2,6)7/h6-7H,2-4H2,1H3. The quantitative estimate of drug-likeness (QED) is 0.421. The SMILES string of the molecule is [CH2]C(S)(S)CCC. The average molecular weight is 135 g/mol. The first kappa shape index (κ1) is 7.70. The van der Waals surface area contributed by atoms with Gasteiger partial charge in [-0.25, -0.2) is 0 Å². The summed E-state index contributed by atoms with van der Waals surface area (Å²) in [6.45, 7) is 5.78. The maximum absolute atomic E-state index is 4.09. The van der Waals surface area contributed by atoms with Crippen molar-refractivity contribution < 1.29 is 0 Å². The lowest BCUT2D eigenvalue weighted by Gasteiger charge is -2.12. The third-order valence-electron chi connectivity index (χ3n) is 0.650. The monoisotopic (exact) mass is 135 g/mol. The van der Waals surface area contributed by atoms with Crippen LogP contribution < -0.4 is 0 Å². The van der Waals surface area contributed by atoms with Gasteiger partial charge in [0.15, 0.2) is 0 Å². The van der Waals surface area contributed by atoms with Crippen LogP contribution in [0.4, 0.5) is 0 Å². The molecule has 0 saturated carbocycles. The van der Waals surface area contributed by atoms with Crippen LogP contribution in [0.5, 0.6) is 0 Å². The minimum absolute atomic E-state index is 0.311. The Morgan fingerprint density at radius 2 is 2.00 bits per heavy atom. The molecular weight excluding hydrogens is 124 g/mol. The van der Waals surface area contributed by atoms with Gasteiger partial charge in [0.1, 0.15) is 0 Å². The van der Waals surface area contributed by atoms with E-state index >= 15 is 0 Å². The van der Waals surface area contributed by atoms with Crippen LogP contribution in [0.25, 0.3) is 0 Å². The molecule has 0 heterocycles. The molecule has 2 heteroatoms. The smallest absolute Gasteiger partial charge is 0.0552 e. The van der Waals surface area contributed by atoms with Crippen LogP contribution in [0.1, 0.15) is 19.8 Å². The Morgan fingerprint density at radius 1 is 1.57 bits per heavy atom. The molecule has 0 atom stereocenters. The summed E-state index contributed by atoms with van der Waals surface area (Å²) in [7, 11) is 0. The minimum Gasteiger partial charge on any atom is -0.162 e. The molecule has 0 bridgehead atoms. The number of hydrogen-bond acceptors (Lipinski definition) is 2. The predicted octanol–water partition coefficient (Wildman–Crippen LogP) is 2.18.